The molecule has 0 spiro atoms. The Morgan fingerprint density at radius 3 is 2.24 bits per heavy atom. The zero-order chi connectivity index (χ0) is 24.2. The third-order valence-corrected chi connectivity index (χ3v) is 6.58. The maximum atomic E-state index is 12.8. The van der Waals surface area contributed by atoms with Crippen molar-refractivity contribution >= 4 is 27.3 Å². The van der Waals surface area contributed by atoms with Crippen molar-refractivity contribution in [3.05, 3.63) is 76.9 Å². The molecule has 7 nitrogen and oxygen atoms in total. The number of sulfonamides is 1. The summed E-state index contributed by atoms with van der Waals surface area (Å²) in [5.41, 5.74) is 4.71. The molecule has 3 aromatic rings. The fraction of sp³-hybridized carbons (Fsp3) is 0.240. The average molecular weight is 469 g/mol. The Morgan fingerprint density at radius 1 is 0.848 bits per heavy atom. The number of amides is 1. The van der Waals surface area contributed by atoms with Crippen LogP contribution in [-0.2, 0) is 14.8 Å². The highest BCUT2D eigenvalue weighted by Gasteiger charge is 2.17. The van der Waals surface area contributed by atoms with Crippen molar-refractivity contribution in [3.8, 4) is 11.5 Å². The molecule has 0 aliphatic carbocycles. The quantitative estimate of drug-likeness (QED) is 0.498. The first-order valence-corrected chi connectivity index (χ1v) is 11.9. The number of benzene rings is 3. The first-order valence-electron chi connectivity index (χ1n) is 10.4. The summed E-state index contributed by atoms with van der Waals surface area (Å²) in [7, 11) is -2.23. The molecule has 33 heavy (non-hydrogen) atoms. The number of rotatable bonds is 8. The number of anilines is 2. The predicted octanol–water partition coefficient (Wildman–Crippen LogP) is 4.75. The van der Waals surface area contributed by atoms with E-state index in [0.717, 1.165) is 16.7 Å². The van der Waals surface area contributed by atoms with E-state index in [0.29, 0.717) is 28.4 Å². The molecular formula is C25H28N2O5S. The normalized spacial score (nSPS) is 11.1. The highest BCUT2D eigenvalue weighted by atomic mass is 32.2. The average Bonchev–Trinajstić information content (AvgIpc) is 2.75. The van der Waals surface area contributed by atoms with Gasteiger partial charge >= 0.3 is 0 Å². The summed E-state index contributed by atoms with van der Waals surface area (Å²) >= 11 is 0. The molecule has 0 saturated carbocycles. The van der Waals surface area contributed by atoms with E-state index in [-0.39, 0.29) is 17.4 Å². The monoisotopic (exact) mass is 468 g/mol. The van der Waals surface area contributed by atoms with Gasteiger partial charge in [-0.3, -0.25) is 9.52 Å². The molecule has 0 fully saturated rings. The van der Waals surface area contributed by atoms with E-state index in [1.54, 1.807) is 31.2 Å². The van der Waals surface area contributed by atoms with Crippen LogP contribution in [0, 0.1) is 27.7 Å². The maximum Gasteiger partial charge on any atom is 0.262 e. The molecule has 0 aliphatic rings. The van der Waals surface area contributed by atoms with E-state index >= 15 is 0 Å². The smallest absolute Gasteiger partial charge is 0.262 e. The molecule has 3 aromatic carbocycles. The summed E-state index contributed by atoms with van der Waals surface area (Å²) in [4.78, 5) is 12.5. The molecule has 2 N–H and O–H groups in total. The summed E-state index contributed by atoms with van der Waals surface area (Å²) in [6.07, 6.45) is 0. The van der Waals surface area contributed by atoms with Crippen LogP contribution in [0.3, 0.4) is 0 Å². The fourth-order valence-corrected chi connectivity index (χ4v) is 4.35. The van der Waals surface area contributed by atoms with Crippen LogP contribution in [-0.4, -0.2) is 28.0 Å². The topological polar surface area (TPSA) is 93.7 Å². The van der Waals surface area contributed by atoms with E-state index in [4.69, 9.17) is 9.47 Å². The molecule has 0 heterocycles. The number of aryl methyl sites for hydroxylation is 4. The number of hydrogen-bond acceptors (Lipinski definition) is 5. The predicted molar refractivity (Wildman–Crippen MR) is 130 cm³/mol. The molecule has 0 saturated heterocycles. The molecule has 1 amide bonds. The van der Waals surface area contributed by atoms with Crippen LogP contribution in [0.2, 0.25) is 0 Å². The van der Waals surface area contributed by atoms with Crippen LogP contribution in [0.4, 0.5) is 11.4 Å². The van der Waals surface area contributed by atoms with Crippen LogP contribution >= 0.6 is 0 Å². The Morgan fingerprint density at radius 2 is 1.58 bits per heavy atom. The lowest BCUT2D eigenvalue weighted by molar-refractivity contribution is -0.118. The standard InChI is InChI=1S/C25H28N2O5S/c1-16-6-10-24(31-5)22(12-16)26-25(28)15-32-23-11-9-21(14-19(23)4)33(29,30)27-20-8-7-17(2)18(3)13-20/h6-14,27H,15H2,1-5H3,(H,26,28). The minimum absolute atomic E-state index is 0.111. The third-order valence-electron chi connectivity index (χ3n) is 5.20. The molecule has 174 valence electrons. The SMILES string of the molecule is COc1ccc(C)cc1NC(=O)COc1ccc(S(=O)(=O)Nc2ccc(C)c(C)c2)cc1C. The number of hydrogen-bond donors (Lipinski definition) is 2. The molecule has 8 heteroatoms. The van der Waals surface area contributed by atoms with Gasteiger partial charge in [-0.1, -0.05) is 12.1 Å². The summed E-state index contributed by atoms with van der Waals surface area (Å²) in [5.74, 6) is 0.619. The van der Waals surface area contributed by atoms with Gasteiger partial charge in [0.1, 0.15) is 11.5 Å². The van der Waals surface area contributed by atoms with Gasteiger partial charge in [-0.05, 0) is 92.4 Å². The van der Waals surface area contributed by atoms with Crippen molar-refractivity contribution < 1.29 is 22.7 Å². The lowest BCUT2D eigenvalue weighted by Gasteiger charge is -2.14. The fourth-order valence-electron chi connectivity index (χ4n) is 3.22. The van der Waals surface area contributed by atoms with Gasteiger partial charge in [0.05, 0.1) is 17.7 Å². The molecule has 0 unspecified atom stereocenters. The number of carbonyl (C=O) groups is 1. The Hall–Kier alpha value is -3.52. The highest BCUT2D eigenvalue weighted by molar-refractivity contribution is 7.92. The number of ether oxygens (including phenoxy) is 2. The van der Waals surface area contributed by atoms with E-state index in [2.05, 4.69) is 10.0 Å². The van der Waals surface area contributed by atoms with Crippen molar-refractivity contribution in [3.63, 3.8) is 0 Å². The Balaban J connectivity index is 1.67. The van der Waals surface area contributed by atoms with Crippen LogP contribution in [0.15, 0.2) is 59.5 Å². The molecule has 0 aromatic heterocycles. The van der Waals surface area contributed by atoms with E-state index in [1.165, 1.54) is 19.2 Å². The molecule has 0 radical (unpaired) electrons. The molecular weight excluding hydrogens is 440 g/mol. The van der Waals surface area contributed by atoms with Gasteiger partial charge in [0.25, 0.3) is 15.9 Å². The largest absolute Gasteiger partial charge is 0.495 e. The van der Waals surface area contributed by atoms with Gasteiger partial charge in [-0.25, -0.2) is 8.42 Å². The van der Waals surface area contributed by atoms with Gasteiger partial charge in [0, 0.05) is 5.69 Å². The van der Waals surface area contributed by atoms with Crippen LogP contribution in [0.1, 0.15) is 22.3 Å². The van der Waals surface area contributed by atoms with Crippen LogP contribution in [0.25, 0.3) is 0 Å². The highest BCUT2D eigenvalue weighted by Crippen LogP contribution is 2.26. The van der Waals surface area contributed by atoms with Gasteiger partial charge in [0.2, 0.25) is 0 Å². The molecule has 0 atom stereocenters. The van der Waals surface area contributed by atoms with Crippen molar-refractivity contribution in [2.75, 3.05) is 23.8 Å². The zero-order valence-corrected chi connectivity index (χ0v) is 20.2. The van der Waals surface area contributed by atoms with Crippen LogP contribution < -0.4 is 19.5 Å². The molecule has 3 rings (SSSR count). The van der Waals surface area contributed by atoms with Crippen molar-refractivity contribution in [1.29, 1.82) is 0 Å². The van der Waals surface area contributed by atoms with E-state index in [9.17, 15) is 13.2 Å². The van der Waals surface area contributed by atoms with Gasteiger partial charge in [0.15, 0.2) is 6.61 Å². The summed E-state index contributed by atoms with van der Waals surface area (Å²) in [6, 6.07) is 15.4. The lowest BCUT2D eigenvalue weighted by atomic mass is 10.1. The third kappa shape index (κ3) is 6.04. The first-order chi connectivity index (χ1) is 15.6. The van der Waals surface area contributed by atoms with Gasteiger partial charge in [-0.2, -0.15) is 0 Å². The Kier molecular flexibility index (Phi) is 7.28. The summed E-state index contributed by atoms with van der Waals surface area (Å²) < 4.78 is 39.1. The van der Waals surface area contributed by atoms with Crippen molar-refractivity contribution in [1.82, 2.24) is 0 Å². The van der Waals surface area contributed by atoms with Crippen molar-refractivity contribution in [2.45, 2.75) is 32.6 Å². The maximum absolute atomic E-state index is 12.8. The van der Waals surface area contributed by atoms with Gasteiger partial charge in [-0.15, -0.1) is 0 Å². The first kappa shape index (κ1) is 24.1. The minimum Gasteiger partial charge on any atom is -0.495 e. The summed E-state index contributed by atoms with van der Waals surface area (Å²) in [5, 5.41) is 2.77. The number of carbonyl (C=O) groups excluding carboxylic acids is 1. The van der Waals surface area contributed by atoms with Crippen LogP contribution in [0.5, 0.6) is 11.5 Å². The minimum atomic E-state index is -3.76. The second kappa shape index (κ2) is 9.95. The second-order valence-corrected chi connectivity index (χ2v) is 9.55. The van der Waals surface area contributed by atoms with E-state index < -0.39 is 10.0 Å². The zero-order valence-electron chi connectivity index (χ0n) is 19.4. The van der Waals surface area contributed by atoms with Gasteiger partial charge < -0.3 is 14.8 Å². The van der Waals surface area contributed by atoms with Crippen molar-refractivity contribution in [2.24, 2.45) is 0 Å². The Labute approximate surface area is 194 Å². The second-order valence-electron chi connectivity index (χ2n) is 7.87. The van der Waals surface area contributed by atoms with E-state index in [1.807, 2.05) is 39.0 Å². The lowest BCUT2D eigenvalue weighted by Crippen LogP contribution is -2.21. The number of methoxy groups -OCH3 is 1. The molecule has 0 bridgehead atoms. The molecule has 0 aliphatic heterocycles. The number of nitrogens with one attached hydrogen (secondary N) is 2. The summed E-state index contributed by atoms with van der Waals surface area (Å²) in [6.45, 7) is 7.30. The Bertz CT molecular complexity index is 1290.